The molecule has 1 aliphatic carbocycles. The number of hydrogen-bond acceptors (Lipinski definition) is 1. The lowest BCUT2D eigenvalue weighted by molar-refractivity contribution is 0.0762. The molecule has 112 valence electrons. The average molecular weight is 304 g/mol. The number of benzene rings is 1. The predicted octanol–water partition coefficient (Wildman–Crippen LogP) is 5.61. The summed E-state index contributed by atoms with van der Waals surface area (Å²) in [5, 5.41) is 1.69. The van der Waals surface area contributed by atoms with Crippen LogP contribution >= 0.6 is 11.6 Å². The fourth-order valence-corrected chi connectivity index (χ4v) is 4.10. The highest BCUT2D eigenvalue weighted by atomic mass is 35.5. The second-order valence-electron chi connectivity index (χ2n) is 6.81. The van der Waals surface area contributed by atoms with Gasteiger partial charge in [-0.3, -0.25) is 4.79 Å². The van der Waals surface area contributed by atoms with Crippen LogP contribution in [0.3, 0.4) is 0 Å². The molecule has 0 bridgehead atoms. The van der Waals surface area contributed by atoms with E-state index in [-0.39, 0.29) is 5.41 Å². The maximum Gasteiger partial charge on any atom is 0.171 e. The summed E-state index contributed by atoms with van der Waals surface area (Å²) in [6.07, 6.45) is 7.27. The summed E-state index contributed by atoms with van der Waals surface area (Å²) in [6.45, 7) is 4.42. The van der Waals surface area contributed by atoms with Crippen LogP contribution in [0.25, 0.3) is 10.9 Å². The Morgan fingerprint density at radius 2 is 2.05 bits per heavy atom. The van der Waals surface area contributed by atoms with Crippen molar-refractivity contribution in [2.45, 2.75) is 46.0 Å². The molecule has 1 heterocycles. The predicted molar refractivity (Wildman–Crippen MR) is 88.0 cm³/mol. The van der Waals surface area contributed by atoms with Crippen LogP contribution in [0.1, 0.15) is 56.3 Å². The van der Waals surface area contributed by atoms with Crippen molar-refractivity contribution in [2.24, 2.45) is 11.3 Å². The molecule has 0 radical (unpaired) electrons. The highest BCUT2D eigenvalue weighted by Gasteiger charge is 2.42. The first-order valence-electron chi connectivity index (χ1n) is 7.83. The van der Waals surface area contributed by atoms with Gasteiger partial charge in [-0.2, -0.15) is 0 Å². The minimum atomic E-state index is -0.150. The molecule has 0 aliphatic heterocycles. The lowest BCUT2D eigenvalue weighted by atomic mass is 9.73. The number of Topliss-reactive ketones (excluding diaryl/α,β-unsaturated/α-hetero) is 1. The number of rotatable bonds is 4. The van der Waals surface area contributed by atoms with E-state index < -0.39 is 0 Å². The lowest BCUT2D eigenvalue weighted by Gasteiger charge is -2.29. The van der Waals surface area contributed by atoms with E-state index in [0.29, 0.717) is 16.7 Å². The van der Waals surface area contributed by atoms with Crippen molar-refractivity contribution in [3.63, 3.8) is 0 Å². The van der Waals surface area contributed by atoms with Crippen LogP contribution in [-0.2, 0) is 0 Å². The Bertz CT molecular complexity index is 665. The van der Waals surface area contributed by atoms with Crippen molar-refractivity contribution in [2.75, 3.05) is 0 Å². The summed E-state index contributed by atoms with van der Waals surface area (Å²) < 4.78 is 0. The Labute approximate surface area is 130 Å². The molecule has 2 aromatic rings. The van der Waals surface area contributed by atoms with E-state index in [4.69, 9.17) is 11.6 Å². The van der Waals surface area contributed by atoms with Gasteiger partial charge < -0.3 is 4.98 Å². The topological polar surface area (TPSA) is 32.9 Å². The van der Waals surface area contributed by atoms with Crippen molar-refractivity contribution in [1.82, 2.24) is 4.98 Å². The van der Waals surface area contributed by atoms with Gasteiger partial charge in [0.15, 0.2) is 5.78 Å². The van der Waals surface area contributed by atoms with Gasteiger partial charge >= 0.3 is 0 Å². The smallest absolute Gasteiger partial charge is 0.171 e. The van der Waals surface area contributed by atoms with Gasteiger partial charge in [-0.25, -0.2) is 0 Å². The van der Waals surface area contributed by atoms with Crippen LogP contribution in [0.2, 0.25) is 5.02 Å². The quantitative estimate of drug-likeness (QED) is 0.732. The van der Waals surface area contributed by atoms with Gasteiger partial charge in [-0.05, 0) is 37.3 Å². The zero-order valence-corrected chi connectivity index (χ0v) is 13.5. The van der Waals surface area contributed by atoms with Crippen molar-refractivity contribution < 1.29 is 4.79 Å². The van der Waals surface area contributed by atoms with E-state index >= 15 is 0 Å². The summed E-state index contributed by atoms with van der Waals surface area (Å²) in [7, 11) is 0. The first-order chi connectivity index (χ1) is 10.0. The van der Waals surface area contributed by atoms with E-state index in [1.54, 1.807) is 0 Å². The molecule has 1 saturated carbocycles. The molecule has 21 heavy (non-hydrogen) atoms. The molecule has 1 fully saturated rings. The van der Waals surface area contributed by atoms with Gasteiger partial charge in [0.2, 0.25) is 0 Å². The van der Waals surface area contributed by atoms with Crippen molar-refractivity contribution in [3.05, 3.63) is 35.0 Å². The van der Waals surface area contributed by atoms with Crippen LogP contribution in [0, 0.1) is 11.3 Å². The van der Waals surface area contributed by atoms with Gasteiger partial charge in [0.05, 0.1) is 0 Å². The number of halogens is 1. The Morgan fingerprint density at radius 1 is 1.33 bits per heavy atom. The molecule has 0 amide bonds. The number of carbonyl (C=O) groups is 1. The van der Waals surface area contributed by atoms with Crippen molar-refractivity contribution in [1.29, 1.82) is 0 Å². The average Bonchev–Trinajstić information content (AvgIpc) is 3.04. The molecule has 1 N–H and O–H groups in total. The number of ketones is 1. The van der Waals surface area contributed by atoms with Crippen LogP contribution in [0.5, 0.6) is 0 Å². The SMILES string of the molecule is CC(C)CC1(C(=O)c2c[nH]c3cc(Cl)ccc23)CCCC1. The highest BCUT2D eigenvalue weighted by Crippen LogP contribution is 2.46. The van der Waals surface area contributed by atoms with Crippen molar-refractivity contribution >= 4 is 28.3 Å². The minimum Gasteiger partial charge on any atom is -0.360 e. The van der Waals surface area contributed by atoms with Gasteiger partial charge in [0.1, 0.15) is 0 Å². The lowest BCUT2D eigenvalue weighted by Crippen LogP contribution is -2.29. The van der Waals surface area contributed by atoms with E-state index in [2.05, 4.69) is 18.8 Å². The molecular formula is C18H22ClNO. The molecule has 1 aliphatic rings. The van der Waals surface area contributed by atoms with Crippen molar-refractivity contribution in [3.8, 4) is 0 Å². The van der Waals surface area contributed by atoms with E-state index in [0.717, 1.165) is 35.7 Å². The molecule has 3 rings (SSSR count). The standard InChI is InChI=1S/C18H22ClNO/c1-12(2)10-18(7-3-4-8-18)17(21)15-11-20-16-9-13(19)5-6-14(15)16/h5-6,9,11-12,20H,3-4,7-8,10H2,1-2H3. The number of H-pyrrole nitrogens is 1. The van der Waals surface area contributed by atoms with E-state index in [1.807, 2.05) is 24.4 Å². The molecule has 0 unspecified atom stereocenters. The number of fused-ring (bicyclic) bond motifs is 1. The summed E-state index contributed by atoms with van der Waals surface area (Å²) >= 11 is 6.03. The highest BCUT2D eigenvalue weighted by molar-refractivity contribution is 6.31. The Hall–Kier alpha value is -1.28. The van der Waals surface area contributed by atoms with E-state index in [1.165, 1.54) is 12.8 Å². The zero-order valence-electron chi connectivity index (χ0n) is 12.7. The number of carbonyl (C=O) groups excluding carboxylic acids is 1. The molecule has 0 atom stereocenters. The molecule has 2 nitrogen and oxygen atoms in total. The first-order valence-corrected chi connectivity index (χ1v) is 8.21. The monoisotopic (exact) mass is 303 g/mol. The minimum absolute atomic E-state index is 0.150. The van der Waals surface area contributed by atoms with Crippen LogP contribution in [-0.4, -0.2) is 10.8 Å². The third-order valence-corrected chi connectivity index (χ3v) is 4.96. The fourth-order valence-electron chi connectivity index (χ4n) is 3.93. The van der Waals surface area contributed by atoms with Gasteiger partial charge in [-0.15, -0.1) is 0 Å². The molecule has 0 saturated heterocycles. The Morgan fingerprint density at radius 3 is 2.71 bits per heavy atom. The summed E-state index contributed by atoms with van der Waals surface area (Å²) in [5.74, 6) is 0.869. The Balaban J connectivity index is 2.02. The summed E-state index contributed by atoms with van der Waals surface area (Å²) in [6, 6.07) is 5.70. The number of aromatic amines is 1. The zero-order chi connectivity index (χ0) is 15.0. The third-order valence-electron chi connectivity index (χ3n) is 4.73. The molecule has 0 spiro atoms. The van der Waals surface area contributed by atoms with Gasteiger partial charge in [0, 0.05) is 33.1 Å². The fraction of sp³-hybridized carbons (Fsp3) is 0.500. The van der Waals surface area contributed by atoms with Crippen LogP contribution in [0.15, 0.2) is 24.4 Å². The molecule has 1 aromatic carbocycles. The first kappa shape index (κ1) is 14.6. The second-order valence-corrected chi connectivity index (χ2v) is 7.24. The number of hydrogen-bond donors (Lipinski definition) is 1. The Kier molecular flexibility index (Phi) is 3.83. The van der Waals surface area contributed by atoms with Gasteiger partial charge in [-0.1, -0.05) is 44.4 Å². The second kappa shape index (κ2) is 5.49. The molecule has 3 heteroatoms. The molecule has 1 aromatic heterocycles. The van der Waals surface area contributed by atoms with E-state index in [9.17, 15) is 4.79 Å². The maximum absolute atomic E-state index is 13.2. The summed E-state index contributed by atoms with van der Waals surface area (Å²) in [4.78, 5) is 16.4. The van der Waals surface area contributed by atoms with Gasteiger partial charge in [0.25, 0.3) is 0 Å². The maximum atomic E-state index is 13.2. The number of nitrogens with one attached hydrogen (secondary N) is 1. The van der Waals surface area contributed by atoms with Crippen LogP contribution < -0.4 is 0 Å². The van der Waals surface area contributed by atoms with Crippen LogP contribution in [0.4, 0.5) is 0 Å². The normalized spacial score (nSPS) is 17.7. The molecular weight excluding hydrogens is 282 g/mol. The number of aromatic nitrogens is 1. The third kappa shape index (κ3) is 2.62. The largest absolute Gasteiger partial charge is 0.360 e. The summed E-state index contributed by atoms with van der Waals surface area (Å²) in [5.41, 5.74) is 1.64.